The van der Waals surface area contributed by atoms with Crippen molar-refractivity contribution in [1.82, 2.24) is 25.1 Å². The maximum absolute atomic E-state index is 12.5. The number of carbonyl (C=O) groups is 2. The molecular formula is C17H23N5O2. The molecule has 0 saturated heterocycles. The standard InChI is InChI=1S/C17H23N5O2/c1-10-15(12(3)23)11(2)19-16(10)17(24)18-9-14-21-20-13-7-5-4-6-8-22(13)14/h19H,4-9H2,1-3H3,(H,18,24). The van der Waals surface area contributed by atoms with Gasteiger partial charge < -0.3 is 14.9 Å². The fourth-order valence-electron chi connectivity index (χ4n) is 3.43. The van der Waals surface area contributed by atoms with Crippen LogP contribution < -0.4 is 5.32 Å². The molecule has 7 nitrogen and oxygen atoms in total. The van der Waals surface area contributed by atoms with Gasteiger partial charge in [0.1, 0.15) is 11.5 Å². The minimum Gasteiger partial charge on any atom is -0.354 e. The third-order valence-electron chi connectivity index (χ3n) is 4.61. The summed E-state index contributed by atoms with van der Waals surface area (Å²) in [6, 6.07) is 0. The first-order chi connectivity index (χ1) is 11.5. The van der Waals surface area contributed by atoms with Gasteiger partial charge in [0.05, 0.1) is 6.54 Å². The number of nitrogens with one attached hydrogen (secondary N) is 2. The second kappa shape index (κ2) is 6.59. The molecule has 2 N–H and O–H groups in total. The van der Waals surface area contributed by atoms with Gasteiger partial charge in [-0.3, -0.25) is 9.59 Å². The lowest BCUT2D eigenvalue weighted by Crippen LogP contribution is -2.26. The highest BCUT2D eigenvalue weighted by Gasteiger charge is 2.21. The predicted octanol–water partition coefficient (Wildman–Crippen LogP) is 2.08. The van der Waals surface area contributed by atoms with Crippen molar-refractivity contribution in [2.75, 3.05) is 0 Å². The topological polar surface area (TPSA) is 92.7 Å². The lowest BCUT2D eigenvalue weighted by atomic mass is 10.1. The van der Waals surface area contributed by atoms with Gasteiger partial charge in [-0.1, -0.05) is 6.42 Å². The van der Waals surface area contributed by atoms with Crippen LogP contribution in [-0.2, 0) is 19.5 Å². The monoisotopic (exact) mass is 329 g/mol. The van der Waals surface area contributed by atoms with Crippen molar-refractivity contribution in [3.8, 4) is 0 Å². The third kappa shape index (κ3) is 2.98. The van der Waals surface area contributed by atoms with Gasteiger partial charge in [0.2, 0.25) is 0 Å². The molecule has 2 aromatic heterocycles. The van der Waals surface area contributed by atoms with E-state index in [1.807, 2.05) is 0 Å². The molecular weight excluding hydrogens is 306 g/mol. The highest BCUT2D eigenvalue weighted by Crippen LogP contribution is 2.19. The van der Waals surface area contributed by atoms with Crippen LogP contribution in [-0.4, -0.2) is 31.4 Å². The molecule has 0 bridgehead atoms. The van der Waals surface area contributed by atoms with E-state index in [0.29, 0.717) is 23.4 Å². The Labute approximate surface area is 140 Å². The highest BCUT2D eigenvalue weighted by molar-refractivity contribution is 6.02. The van der Waals surface area contributed by atoms with E-state index in [9.17, 15) is 9.59 Å². The number of aromatic amines is 1. The molecule has 3 rings (SSSR count). The molecule has 2 aromatic rings. The van der Waals surface area contributed by atoms with E-state index < -0.39 is 0 Å². The van der Waals surface area contributed by atoms with Gasteiger partial charge in [-0.05, 0) is 39.2 Å². The summed E-state index contributed by atoms with van der Waals surface area (Å²) in [6.45, 7) is 6.34. The molecule has 0 atom stereocenters. The summed E-state index contributed by atoms with van der Waals surface area (Å²) in [7, 11) is 0. The first-order valence-electron chi connectivity index (χ1n) is 8.38. The summed E-state index contributed by atoms with van der Waals surface area (Å²) < 4.78 is 2.11. The summed E-state index contributed by atoms with van der Waals surface area (Å²) in [5, 5.41) is 11.3. The Bertz CT molecular complexity index is 787. The van der Waals surface area contributed by atoms with Gasteiger partial charge >= 0.3 is 0 Å². The molecule has 128 valence electrons. The molecule has 1 aliphatic rings. The molecule has 24 heavy (non-hydrogen) atoms. The number of rotatable bonds is 4. The van der Waals surface area contributed by atoms with Gasteiger partial charge in [0.15, 0.2) is 11.6 Å². The summed E-state index contributed by atoms with van der Waals surface area (Å²) in [6.07, 6.45) is 4.39. The molecule has 0 aromatic carbocycles. The molecule has 1 amide bonds. The lowest BCUT2D eigenvalue weighted by molar-refractivity contribution is 0.0944. The van der Waals surface area contributed by atoms with Crippen molar-refractivity contribution in [3.05, 3.63) is 34.2 Å². The van der Waals surface area contributed by atoms with Crippen molar-refractivity contribution in [2.24, 2.45) is 0 Å². The van der Waals surface area contributed by atoms with E-state index in [1.54, 1.807) is 13.8 Å². The fraction of sp³-hybridized carbons (Fsp3) is 0.529. The van der Waals surface area contributed by atoms with Crippen LogP contribution in [0, 0.1) is 13.8 Å². The molecule has 3 heterocycles. The number of hydrogen-bond donors (Lipinski definition) is 2. The number of ketones is 1. The third-order valence-corrected chi connectivity index (χ3v) is 4.61. The normalized spacial score (nSPS) is 14.1. The second-order valence-electron chi connectivity index (χ2n) is 6.36. The van der Waals surface area contributed by atoms with Gasteiger partial charge in [0, 0.05) is 24.2 Å². The number of hydrogen-bond acceptors (Lipinski definition) is 4. The Balaban J connectivity index is 1.74. The molecule has 0 fully saturated rings. The summed E-state index contributed by atoms with van der Waals surface area (Å²) in [4.78, 5) is 27.2. The average molecular weight is 329 g/mol. The molecule has 0 radical (unpaired) electrons. The maximum Gasteiger partial charge on any atom is 0.268 e. The SMILES string of the molecule is CC(=O)c1c(C)[nH]c(C(=O)NCc2nnc3n2CCCCC3)c1C. The van der Waals surface area contributed by atoms with Crippen LogP contribution in [0.1, 0.15) is 69.9 Å². The van der Waals surface area contributed by atoms with E-state index in [1.165, 1.54) is 13.3 Å². The fourth-order valence-corrected chi connectivity index (χ4v) is 3.43. The lowest BCUT2D eigenvalue weighted by Gasteiger charge is -2.08. The van der Waals surface area contributed by atoms with Crippen LogP contribution in [0.2, 0.25) is 0 Å². The summed E-state index contributed by atoms with van der Waals surface area (Å²) in [5.41, 5.74) is 2.45. The zero-order valence-corrected chi connectivity index (χ0v) is 14.4. The zero-order valence-electron chi connectivity index (χ0n) is 14.4. The minimum absolute atomic E-state index is 0.0388. The second-order valence-corrected chi connectivity index (χ2v) is 6.36. The van der Waals surface area contributed by atoms with Crippen molar-refractivity contribution in [2.45, 2.75) is 59.5 Å². The molecule has 0 spiro atoms. The number of aromatic nitrogens is 4. The summed E-state index contributed by atoms with van der Waals surface area (Å²) >= 11 is 0. The summed E-state index contributed by atoms with van der Waals surface area (Å²) in [5.74, 6) is 1.52. The Kier molecular flexibility index (Phi) is 4.51. The van der Waals surface area contributed by atoms with E-state index in [-0.39, 0.29) is 11.7 Å². The number of nitrogens with zero attached hydrogens (tertiary/aromatic N) is 3. The number of H-pyrrole nitrogens is 1. The molecule has 0 saturated carbocycles. The van der Waals surface area contributed by atoms with Gasteiger partial charge in [-0.2, -0.15) is 0 Å². The highest BCUT2D eigenvalue weighted by atomic mass is 16.2. The molecule has 1 aliphatic heterocycles. The molecule has 0 aliphatic carbocycles. The maximum atomic E-state index is 12.5. The van der Waals surface area contributed by atoms with Crippen LogP contribution in [0.3, 0.4) is 0 Å². The van der Waals surface area contributed by atoms with E-state index in [0.717, 1.165) is 43.1 Å². The van der Waals surface area contributed by atoms with Crippen LogP contribution in [0.15, 0.2) is 0 Å². The molecule has 0 unspecified atom stereocenters. The first-order valence-corrected chi connectivity index (χ1v) is 8.38. The smallest absolute Gasteiger partial charge is 0.268 e. The predicted molar refractivity (Wildman–Crippen MR) is 89.0 cm³/mol. The Morgan fingerprint density at radius 1 is 1.21 bits per heavy atom. The number of Topliss-reactive ketones (excluding diaryl/α,β-unsaturated/α-hetero) is 1. The van der Waals surface area contributed by atoms with Gasteiger partial charge in [0.25, 0.3) is 5.91 Å². The largest absolute Gasteiger partial charge is 0.354 e. The van der Waals surface area contributed by atoms with Crippen LogP contribution in [0.4, 0.5) is 0 Å². The zero-order chi connectivity index (χ0) is 17.3. The van der Waals surface area contributed by atoms with Crippen molar-refractivity contribution < 1.29 is 9.59 Å². The van der Waals surface area contributed by atoms with E-state index in [4.69, 9.17) is 0 Å². The number of amides is 1. The Hall–Kier alpha value is -2.44. The van der Waals surface area contributed by atoms with Crippen molar-refractivity contribution in [3.63, 3.8) is 0 Å². The first kappa shape index (κ1) is 16.4. The number of carbonyl (C=O) groups excluding carboxylic acids is 2. The Morgan fingerprint density at radius 2 is 2.00 bits per heavy atom. The van der Waals surface area contributed by atoms with E-state index >= 15 is 0 Å². The molecule has 7 heteroatoms. The Morgan fingerprint density at radius 3 is 2.71 bits per heavy atom. The van der Waals surface area contributed by atoms with Crippen LogP contribution in [0.25, 0.3) is 0 Å². The van der Waals surface area contributed by atoms with Gasteiger partial charge in [-0.25, -0.2) is 0 Å². The number of aryl methyl sites for hydroxylation is 2. The van der Waals surface area contributed by atoms with Crippen molar-refractivity contribution in [1.29, 1.82) is 0 Å². The van der Waals surface area contributed by atoms with Gasteiger partial charge in [-0.15, -0.1) is 10.2 Å². The van der Waals surface area contributed by atoms with Crippen LogP contribution in [0.5, 0.6) is 0 Å². The average Bonchev–Trinajstić information content (AvgIpc) is 2.95. The number of fused-ring (bicyclic) bond motifs is 1. The quantitative estimate of drug-likeness (QED) is 0.840. The van der Waals surface area contributed by atoms with Crippen molar-refractivity contribution >= 4 is 11.7 Å². The van der Waals surface area contributed by atoms with Crippen LogP contribution >= 0.6 is 0 Å². The minimum atomic E-state index is -0.228. The van der Waals surface area contributed by atoms with E-state index in [2.05, 4.69) is 25.1 Å².